The molecular formula is C36H45F3N4O5. The van der Waals surface area contributed by atoms with Crippen molar-refractivity contribution in [3.05, 3.63) is 89.2 Å². The number of hydrogen-bond donors (Lipinski definition) is 2. The highest BCUT2D eigenvalue weighted by atomic mass is 19.4. The fourth-order valence-electron chi connectivity index (χ4n) is 5.65. The lowest BCUT2D eigenvalue weighted by molar-refractivity contribution is -0.137. The van der Waals surface area contributed by atoms with Gasteiger partial charge in [-0.3, -0.25) is 19.5 Å². The number of likely N-dealkylation sites (N-methyl/N-ethyl adjacent to an activating group) is 1. The second-order valence-electron chi connectivity index (χ2n) is 12.6. The third-order valence-electron chi connectivity index (χ3n) is 8.48. The first-order valence-corrected chi connectivity index (χ1v) is 16.3. The Hall–Kier alpha value is -4.00. The third-order valence-corrected chi connectivity index (χ3v) is 8.48. The van der Waals surface area contributed by atoms with E-state index in [2.05, 4.69) is 10.3 Å². The quantitative estimate of drug-likeness (QED) is 0.291. The van der Waals surface area contributed by atoms with E-state index in [1.54, 1.807) is 42.2 Å². The number of aliphatic hydroxyl groups excluding tert-OH is 1. The number of anilines is 1. The molecule has 4 rings (SSSR count). The molecule has 2 amide bonds. The summed E-state index contributed by atoms with van der Waals surface area (Å²) in [5.74, 6) is -0.508. The van der Waals surface area contributed by atoms with Gasteiger partial charge in [0.25, 0.3) is 11.8 Å². The molecule has 260 valence electrons. The molecule has 2 N–H and O–H groups in total. The summed E-state index contributed by atoms with van der Waals surface area (Å²) in [5.41, 5.74) is 1.14. The second-order valence-corrected chi connectivity index (χ2v) is 12.6. The van der Waals surface area contributed by atoms with Crippen LogP contribution in [0.15, 0.2) is 67.0 Å². The molecule has 0 unspecified atom stereocenters. The number of benzene rings is 2. The van der Waals surface area contributed by atoms with Crippen LogP contribution in [0.4, 0.5) is 18.9 Å². The molecule has 1 aliphatic rings. The Morgan fingerprint density at radius 1 is 1.10 bits per heavy atom. The molecule has 1 aliphatic heterocycles. The molecule has 0 aliphatic carbocycles. The van der Waals surface area contributed by atoms with E-state index in [1.807, 2.05) is 25.8 Å². The summed E-state index contributed by atoms with van der Waals surface area (Å²) in [4.78, 5) is 34.8. The minimum absolute atomic E-state index is 0.182. The van der Waals surface area contributed by atoms with E-state index in [-0.39, 0.29) is 48.7 Å². The largest absolute Gasteiger partial charge is 0.490 e. The first kappa shape index (κ1) is 36.8. The van der Waals surface area contributed by atoms with Gasteiger partial charge < -0.3 is 24.8 Å². The molecule has 0 fully saturated rings. The number of aromatic nitrogens is 1. The summed E-state index contributed by atoms with van der Waals surface area (Å²) in [5, 5.41) is 13.0. The first-order valence-electron chi connectivity index (χ1n) is 16.3. The van der Waals surface area contributed by atoms with Crippen molar-refractivity contribution in [3.8, 4) is 5.75 Å². The van der Waals surface area contributed by atoms with Crippen LogP contribution in [0.5, 0.6) is 5.75 Å². The van der Waals surface area contributed by atoms with Crippen molar-refractivity contribution in [2.45, 2.75) is 71.0 Å². The molecular weight excluding hydrogens is 625 g/mol. The molecule has 0 radical (unpaired) electrons. The van der Waals surface area contributed by atoms with Gasteiger partial charge in [0, 0.05) is 55.8 Å². The number of fused-ring (bicyclic) bond motifs is 1. The fourth-order valence-corrected chi connectivity index (χ4v) is 5.65. The Balaban J connectivity index is 1.58. The predicted molar refractivity (Wildman–Crippen MR) is 177 cm³/mol. The summed E-state index contributed by atoms with van der Waals surface area (Å²) in [7, 11) is 1.88. The van der Waals surface area contributed by atoms with E-state index in [0.29, 0.717) is 36.7 Å². The zero-order valence-electron chi connectivity index (χ0n) is 27.9. The van der Waals surface area contributed by atoms with Crippen LogP contribution >= 0.6 is 0 Å². The van der Waals surface area contributed by atoms with Crippen molar-refractivity contribution >= 4 is 17.5 Å². The average Bonchev–Trinajstić information content (AvgIpc) is 3.06. The maximum Gasteiger partial charge on any atom is 0.416 e. The molecule has 1 aromatic heterocycles. The summed E-state index contributed by atoms with van der Waals surface area (Å²) < 4.78 is 51.8. The Labute approximate surface area is 280 Å². The number of hydrogen-bond acceptors (Lipinski definition) is 7. The number of nitrogens with zero attached hydrogens (tertiary/aromatic N) is 3. The van der Waals surface area contributed by atoms with Gasteiger partial charge in [-0.1, -0.05) is 19.1 Å². The average molecular weight is 671 g/mol. The number of alkyl halides is 3. The van der Waals surface area contributed by atoms with Crippen molar-refractivity contribution in [1.82, 2.24) is 14.8 Å². The number of ether oxygens (including phenoxy) is 2. The fraction of sp³-hybridized carbons (Fsp3) is 0.472. The number of carbonyl (C=O) groups excluding carboxylic acids is 2. The van der Waals surface area contributed by atoms with Crippen molar-refractivity contribution in [1.29, 1.82) is 0 Å². The molecule has 2 heterocycles. The second kappa shape index (κ2) is 16.9. The lowest BCUT2D eigenvalue weighted by Crippen LogP contribution is -2.47. The van der Waals surface area contributed by atoms with E-state index in [9.17, 15) is 27.9 Å². The number of halogens is 3. The number of nitrogens with one attached hydrogen (secondary N) is 1. The zero-order valence-corrected chi connectivity index (χ0v) is 27.9. The molecule has 0 bridgehead atoms. The molecule has 12 heteroatoms. The molecule has 9 nitrogen and oxygen atoms in total. The molecule has 2 aromatic carbocycles. The van der Waals surface area contributed by atoms with Crippen LogP contribution in [0.2, 0.25) is 0 Å². The van der Waals surface area contributed by atoms with E-state index < -0.39 is 17.8 Å². The highest BCUT2D eigenvalue weighted by molar-refractivity contribution is 6.05. The molecule has 48 heavy (non-hydrogen) atoms. The van der Waals surface area contributed by atoms with Gasteiger partial charge in [-0.2, -0.15) is 13.2 Å². The van der Waals surface area contributed by atoms with E-state index in [0.717, 1.165) is 37.0 Å². The van der Waals surface area contributed by atoms with Crippen LogP contribution in [0.3, 0.4) is 0 Å². The summed E-state index contributed by atoms with van der Waals surface area (Å²) in [6, 6.07) is 12.8. The van der Waals surface area contributed by atoms with E-state index >= 15 is 0 Å². The Bertz CT molecular complexity index is 1490. The Morgan fingerprint density at radius 3 is 2.48 bits per heavy atom. The van der Waals surface area contributed by atoms with Crippen molar-refractivity contribution in [3.63, 3.8) is 0 Å². The van der Waals surface area contributed by atoms with E-state index in [1.165, 1.54) is 24.5 Å². The maximum absolute atomic E-state index is 14.3. The highest BCUT2D eigenvalue weighted by Gasteiger charge is 2.32. The van der Waals surface area contributed by atoms with Crippen molar-refractivity contribution in [2.75, 3.05) is 38.7 Å². The minimum Gasteiger partial charge on any atom is -0.490 e. The van der Waals surface area contributed by atoms with Crippen LogP contribution in [-0.2, 0) is 17.5 Å². The van der Waals surface area contributed by atoms with Crippen molar-refractivity contribution in [2.24, 2.45) is 5.92 Å². The number of rotatable bonds is 8. The third kappa shape index (κ3) is 10.2. The van der Waals surface area contributed by atoms with Crippen molar-refractivity contribution < 1.29 is 37.3 Å². The highest BCUT2D eigenvalue weighted by Crippen LogP contribution is 2.30. The van der Waals surface area contributed by atoms with Gasteiger partial charge in [-0.15, -0.1) is 0 Å². The SMILES string of the molecule is C[C@@H]1CCCCO[C@H](CN(C)Cc2ccc(C(F)(F)F)cc2)[C@H](C)CN([C@@H](C)CO)C(=O)c2cc(NC(=O)c3ccncc3)ccc2O1. The molecule has 3 aromatic rings. The topological polar surface area (TPSA) is 104 Å². The predicted octanol–water partition coefficient (Wildman–Crippen LogP) is 6.28. The standard InChI is InChI=1S/C36H45F3N4O5/c1-24-20-43(25(2)23-44)35(46)31-19-30(41-34(45)28-14-16-40-17-15-28)12-13-32(31)48-26(3)7-5-6-18-47-33(24)22-42(4)21-27-8-10-29(11-9-27)36(37,38)39/h8-17,19,24-26,33,44H,5-7,18,20-23H2,1-4H3,(H,41,45)/t24-,25+,26-,33-/m1/s1. The number of pyridine rings is 1. The first-order chi connectivity index (χ1) is 22.8. The summed E-state index contributed by atoms with van der Waals surface area (Å²) in [6.07, 6.45) is 0.489. The Kier molecular flexibility index (Phi) is 13.0. The van der Waals surface area contributed by atoms with Crippen LogP contribution < -0.4 is 10.1 Å². The van der Waals surface area contributed by atoms with Gasteiger partial charge >= 0.3 is 6.18 Å². The Morgan fingerprint density at radius 2 is 1.81 bits per heavy atom. The van der Waals surface area contributed by atoms with Gasteiger partial charge in [-0.05, 0) is 88.2 Å². The van der Waals surface area contributed by atoms with Crippen LogP contribution in [0.1, 0.15) is 71.9 Å². The number of aliphatic hydroxyl groups is 1. The summed E-state index contributed by atoms with van der Waals surface area (Å²) in [6.45, 7) is 7.04. The normalized spacial score (nSPS) is 20.4. The van der Waals surface area contributed by atoms with Gasteiger partial charge in [0.1, 0.15) is 5.75 Å². The molecule has 4 atom stereocenters. The maximum atomic E-state index is 14.3. The van der Waals surface area contributed by atoms with E-state index in [4.69, 9.17) is 9.47 Å². The molecule has 0 saturated heterocycles. The smallest absolute Gasteiger partial charge is 0.416 e. The number of carbonyl (C=O) groups is 2. The monoisotopic (exact) mass is 670 g/mol. The molecule has 0 spiro atoms. The van der Waals surface area contributed by atoms with Gasteiger partial charge in [-0.25, -0.2) is 0 Å². The van der Waals surface area contributed by atoms with Crippen LogP contribution in [0, 0.1) is 5.92 Å². The molecule has 0 saturated carbocycles. The van der Waals surface area contributed by atoms with Gasteiger partial charge in [0.2, 0.25) is 0 Å². The minimum atomic E-state index is -4.39. The lowest BCUT2D eigenvalue weighted by atomic mass is 10.0. The van der Waals surface area contributed by atoms with Crippen LogP contribution in [0.25, 0.3) is 0 Å². The van der Waals surface area contributed by atoms with Gasteiger partial charge in [0.15, 0.2) is 0 Å². The number of amides is 2. The zero-order chi connectivity index (χ0) is 34.8. The summed E-state index contributed by atoms with van der Waals surface area (Å²) >= 11 is 0. The van der Waals surface area contributed by atoms with Gasteiger partial charge in [0.05, 0.1) is 36.0 Å². The van der Waals surface area contributed by atoms with Crippen LogP contribution in [-0.4, -0.2) is 83.3 Å². The lowest BCUT2D eigenvalue weighted by Gasteiger charge is -2.36.